The number of nitrogens with one attached hydrogen (secondary N) is 1. The molecule has 1 heterocycles. The third kappa shape index (κ3) is 5.01. The number of anilines is 2. The second kappa shape index (κ2) is 8.99. The van der Waals surface area contributed by atoms with Crippen molar-refractivity contribution in [3.05, 3.63) is 23.2 Å². The van der Waals surface area contributed by atoms with Crippen LogP contribution in [0.4, 0.5) is 16.2 Å². The Labute approximate surface area is 143 Å². The molecule has 2 N–H and O–H groups in total. The number of aliphatic hydroxyl groups is 1. The van der Waals surface area contributed by atoms with Crippen molar-refractivity contribution in [3.8, 4) is 0 Å². The van der Waals surface area contributed by atoms with Gasteiger partial charge in [0.2, 0.25) is 0 Å². The van der Waals surface area contributed by atoms with Gasteiger partial charge in [-0.1, -0.05) is 18.5 Å². The fourth-order valence-electron chi connectivity index (χ4n) is 2.88. The van der Waals surface area contributed by atoms with Crippen LogP contribution in [0.2, 0.25) is 5.02 Å². The van der Waals surface area contributed by atoms with E-state index in [-0.39, 0.29) is 12.6 Å². The number of urea groups is 1. The monoisotopic (exact) mass is 339 g/mol. The van der Waals surface area contributed by atoms with Crippen LogP contribution in [0.5, 0.6) is 0 Å². The average molecular weight is 340 g/mol. The Balaban J connectivity index is 2.03. The lowest BCUT2D eigenvalue weighted by Crippen LogP contribution is -2.37. The molecule has 0 radical (unpaired) electrons. The van der Waals surface area contributed by atoms with Crippen molar-refractivity contribution >= 4 is 29.0 Å². The number of rotatable bonds is 6. The predicted octanol–water partition coefficient (Wildman–Crippen LogP) is 3.57. The highest BCUT2D eigenvalue weighted by Gasteiger charge is 2.16. The number of hydrogen-bond acceptors (Lipinski definition) is 3. The van der Waals surface area contributed by atoms with E-state index in [0.29, 0.717) is 23.8 Å². The summed E-state index contributed by atoms with van der Waals surface area (Å²) in [4.78, 5) is 16.1. The molecule has 2 rings (SSSR count). The normalized spacial score (nSPS) is 14.7. The number of benzene rings is 1. The first kappa shape index (κ1) is 17.9. The molecule has 0 aliphatic carbocycles. The number of aliphatic hydroxyl groups excluding tert-OH is 1. The Morgan fingerprint density at radius 2 is 2.04 bits per heavy atom. The molecule has 6 heteroatoms. The molecule has 23 heavy (non-hydrogen) atoms. The molecule has 1 aliphatic heterocycles. The van der Waals surface area contributed by atoms with Gasteiger partial charge in [-0.05, 0) is 43.9 Å². The lowest BCUT2D eigenvalue weighted by molar-refractivity contribution is 0.188. The van der Waals surface area contributed by atoms with Crippen molar-refractivity contribution in [2.45, 2.75) is 32.6 Å². The minimum atomic E-state index is -0.206. The SMILES string of the molecule is CCCN(CCO)C(=O)Nc1ccc(N2CCCCC2)c(Cl)c1. The van der Waals surface area contributed by atoms with E-state index in [4.69, 9.17) is 16.7 Å². The van der Waals surface area contributed by atoms with Crippen molar-refractivity contribution in [1.29, 1.82) is 0 Å². The van der Waals surface area contributed by atoms with Gasteiger partial charge in [0.05, 0.1) is 17.3 Å². The Kier molecular flexibility index (Phi) is 6.99. The largest absolute Gasteiger partial charge is 0.395 e. The molecule has 1 saturated heterocycles. The van der Waals surface area contributed by atoms with E-state index in [2.05, 4.69) is 10.2 Å². The molecule has 0 bridgehead atoms. The summed E-state index contributed by atoms with van der Waals surface area (Å²) in [6.07, 6.45) is 4.52. The van der Waals surface area contributed by atoms with Crippen LogP contribution in [0.25, 0.3) is 0 Å². The van der Waals surface area contributed by atoms with Gasteiger partial charge in [0.15, 0.2) is 0 Å². The Hall–Kier alpha value is -1.46. The maximum Gasteiger partial charge on any atom is 0.321 e. The van der Waals surface area contributed by atoms with Crippen molar-refractivity contribution in [1.82, 2.24) is 4.90 Å². The average Bonchev–Trinajstić information content (AvgIpc) is 2.55. The number of carbonyl (C=O) groups excluding carboxylic acids is 1. The standard InChI is InChI=1S/C17H26ClN3O2/c1-2-8-21(11-12-22)17(23)19-14-6-7-16(15(18)13-14)20-9-4-3-5-10-20/h6-7,13,22H,2-5,8-12H2,1H3,(H,19,23). The topological polar surface area (TPSA) is 55.8 Å². The van der Waals surface area contributed by atoms with Crippen LogP contribution in [0.1, 0.15) is 32.6 Å². The molecule has 1 aliphatic rings. The Morgan fingerprint density at radius 1 is 1.30 bits per heavy atom. The van der Waals surface area contributed by atoms with Crippen LogP contribution in [-0.2, 0) is 0 Å². The van der Waals surface area contributed by atoms with Crippen LogP contribution in [0.3, 0.4) is 0 Å². The molecule has 0 unspecified atom stereocenters. The predicted molar refractivity (Wildman–Crippen MR) is 95.5 cm³/mol. The smallest absolute Gasteiger partial charge is 0.321 e. The van der Waals surface area contributed by atoms with Crippen LogP contribution in [-0.4, -0.2) is 48.8 Å². The lowest BCUT2D eigenvalue weighted by Gasteiger charge is -2.29. The highest BCUT2D eigenvalue weighted by atomic mass is 35.5. The Morgan fingerprint density at radius 3 is 2.65 bits per heavy atom. The van der Waals surface area contributed by atoms with E-state index in [1.807, 2.05) is 19.1 Å². The van der Waals surface area contributed by atoms with Gasteiger partial charge in [-0.3, -0.25) is 0 Å². The molecule has 5 nitrogen and oxygen atoms in total. The third-order valence-electron chi connectivity index (χ3n) is 4.05. The Bertz CT molecular complexity index is 513. The van der Waals surface area contributed by atoms with Gasteiger partial charge in [-0.25, -0.2) is 4.79 Å². The summed E-state index contributed by atoms with van der Waals surface area (Å²) in [5.74, 6) is 0. The minimum Gasteiger partial charge on any atom is -0.395 e. The van der Waals surface area contributed by atoms with Gasteiger partial charge in [0.1, 0.15) is 0 Å². The zero-order chi connectivity index (χ0) is 16.7. The van der Waals surface area contributed by atoms with E-state index in [0.717, 1.165) is 25.2 Å². The van der Waals surface area contributed by atoms with E-state index >= 15 is 0 Å². The van der Waals surface area contributed by atoms with Crippen LogP contribution in [0.15, 0.2) is 18.2 Å². The molecule has 0 spiro atoms. The maximum atomic E-state index is 12.2. The van der Waals surface area contributed by atoms with Gasteiger partial charge in [-0.2, -0.15) is 0 Å². The first-order valence-electron chi connectivity index (χ1n) is 8.37. The fourth-order valence-corrected chi connectivity index (χ4v) is 3.18. The van der Waals surface area contributed by atoms with Crippen LogP contribution >= 0.6 is 11.6 Å². The first-order chi connectivity index (χ1) is 11.2. The summed E-state index contributed by atoms with van der Waals surface area (Å²) in [6, 6.07) is 5.45. The van der Waals surface area contributed by atoms with Crippen molar-refractivity contribution in [2.24, 2.45) is 0 Å². The molecular weight excluding hydrogens is 314 g/mol. The third-order valence-corrected chi connectivity index (χ3v) is 4.35. The summed E-state index contributed by atoms with van der Waals surface area (Å²) in [5, 5.41) is 12.6. The molecule has 1 aromatic rings. The summed E-state index contributed by atoms with van der Waals surface area (Å²) in [6.45, 7) is 4.98. The molecule has 0 aromatic heterocycles. The van der Waals surface area contributed by atoms with Crippen molar-refractivity contribution in [2.75, 3.05) is 43.0 Å². The zero-order valence-corrected chi connectivity index (χ0v) is 14.5. The summed E-state index contributed by atoms with van der Waals surface area (Å²) < 4.78 is 0. The van der Waals surface area contributed by atoms with Gasteiger partial charge in [0.25, 0.3) is 0 Å². The molecule has 1 aromatic carbocycles. The van der Waals surface area contributed by atoms with Crippen LogP contribution in [0, 0.1) is 0 Å². The number of hydrogen-bond donors (Lipinski definition) is 2. The van der Waals surface area contributed by atoms with Gasteiger partial charge >= 0.3 is 6.03 Å². The number of amides is 2. The van der Waals surface area contributed by atoms with Crippen LogP contribution < -0.4 is 10.2 Å². The van der Waals surface area contributed by atoms with E-state index in [1.54, 1.807) is 11.0 Å². The number of carbonyl (C=O) groups is 1. The molecule has 1 fully saturated rings. The second-order valence-corrected chi connectivity index (χ2v) is 6.26. The highest BCUT2D eigenvalue weighted by molar-refractivity contribution is 6.33. The summed E-state index contributed by atoms with van der Waals surface area (Å²) in [5.41, 5.74) is 1.71. The zero-order valence-electron chi connectivity index (χ0n) is 13.7. The molecule has 0 atom stereocenters. The fraction of sp³-hybridized carbons (Fsp3) is 0.588. The minimum absolute atomic E-state index is 0.0396. The van der Waals surface area contributed by atoms with E-state index in [9.17, 15) is 4.79 Å². The number of piperidine rings is 1. The second-order valence-electron chi connectivity index (χ2n) is 5.85. The summed E-state index contributed by atoms with van der Waals surface area (Å²) in [7, 11) is 0. The molecule has 0 saturated carbocycles. The number of nitrogens with zero attached hydrogens (tertiary/aromatic N) is 2. The molecular formula is C17H26ClN3O2. The van der Waals surface area contributed by atoms with Gasteiger partial charge < -0.3 is 20.2 Å². The van der Waals surface area contributed by atoms with Gasteiger partial charge in [-0.15, -0.1) is 0 Å². The van der Waals surface area contributed by atoms with Crippen molar-refractivity contribution < 1.29 is 9.90 Å². The lowest BCUT2D eigenvalue weighted by atomic mass is 10.1. The van der Waals surface area contributed by atoms with Crippen molar-refractivity contribution in [3.63, 3.8) is 0 Å². The maximum absolute atomic E-state index is 12.2. The van der Waals surface area contributed by atoms with E-state index < -0.39 is 0 Å². The molecule has 128 valence electrons. The molecule has 2 amide bonds. The highest BCUT2D eigenvalue weighted by Crippen LogP contribution is 2.30. The number of halogens is 1. The van der Waals surface area contributed by atoms with E-state index in [1.165, 1.54) is 19.3 Å². The van der Waals surface area contributed by atoms with Gasteiger partial charge in [0, 0.05) is 31.9 Å². The quantitative estimate of drug-likeness (QED) is 0.833. The summed E-state index contributed by atoms with van der Waals surface area (Å²) >= 11 is 6.40. The first-order valence-corrected chi connectivity index (χ1v) is 8.74.